The van der Waals surface area contributed by atoms with Gasteiger partial charge < -0.3 is 10.1 Å². The van der Waals surface area contributed by atoms with Crippen LogP contribution in [-0.4, -0.2) is 43.7 Å². The van der Waals surface area contributed by atoms with Crippen LogP contribution in [0.1, 0.15) is 26.9 Å². The lowest BCUT2D eigenvalue weighted by atomic mass is 10.0. The van der Waals surface area contributed by atoms with Gasteiger partial charge in [-0.2, -0.15) is 0 Å². The number of hydrogen-bond donors (Lipinski definition) is 1. The van der Waals surface area contributed by atoms with Crippen LogP contribution in [0.5, 0.6) is 0 Å². The highest BCUT2D eigenvalue weighted by molar-refractivity contribution is 7.12. The van der Waals surface area contributed by atoms with Crippen LogP contribution in [0.4, 0.5) is 0 Å². The average Bonchev–Trinajstić information content (AvgIpc) is 3.06. The molecule has 0 bridgehead atoms. The fourth-order valence-electron chi connectivity index (χ4n) is 3.00. The number of carbonyl (C=O) groups excluding carboxylic acids is 1. The standard InChI is InChI=1S/C21H26N2O2S/c1-16-3-6-18(7-4-16)20(15-23-11-13-25-14-12-23)22-21(24)10-9-19-8-5-17(2)26-19/h3-10,20H,11-15H2,1-2H3,(H,22,24)/b10-9+/t20-/m1/s1. The number of nitrogens with one attached hydrogen (secondary N) is 1. The third kappa shape index (κ3) is 5.53. The second kappa shape index (κ2) is 9.12. The summed E-state index contributed by atoms with van der Waals surface area (Å²) in [6.07, 6.45) is 3.51. The molecule has 3 rings (SSSR count). The zero-order chi connectivity index (χ0) is 18.4. The number of ether oxygens (including phenoxy) is 1. The van der Waals surface area contributed by atoms with Crippen molar-refractivity contribution in [1.82, 2.24) is 10.2 Å². The number of rotatable bonds is 6. The van der Waals surface area contributed by atoms with Crippen molar-refractivity contribution in [3.63, 3.8) is 0 Å². The average molecular weight is 371 g/mol. The van der Waals surface area contributed by atoms with E-state index in [1.807, 2.05) is 12.1 Å². The minimum absolute atomic E-state index is 0.0316. The van der Waals surface area contributed by atoms with Crippen LogP contribution in [0.25, 0.3) is 6.08 Å². The molecule has 1 saturated heterocycles. The number of hydrogen-bond acceptors (Lipinski definition) is 4. The molecule has 1 atom stereocenters. The number of aryl methyl sites for hydroxylation is 2. The zero-order valence-electron chi connectivity index (χ0n) is 15.4. The van der Waals surface area contributed by atoms with E-state index in [0.29, 0.717) is 0 Å². The molecule has 26 heavy (non-hydrogen) atoms. The quantitative estimate of drug-likeness (QED) is 0.791. The lowest BCUT2D eigenvalue weighted by Gasteiger charge is -2.31. The number of morpholine rings is 1. The van der Waals surface area contributed by atoms with Crippen LogP contribution >= 0.6 is 11.3 Å². The van der Waals surface area contributed by atoms with E-state index in [0.717, 1.165) is 43.3 Å². The number of amides is 1. The molecule has 2 heterocycles. The van der Waals surface area contributed by atoms with Crippen molar-refractivity contribution >= 4 is 23.3 Å². The van der Waals surface area contributed by atoms with Gasteiger partial charge in [-0.25, -0.2) is 0 Å². The fourth-order valence-corrected chi connectivity index (χ4v) is 3.78. The molecule has 5 heteroatoms. The Bertz CT molecular complexity index is 746. The molecule has 4 nitrogen and oxygen atoms in total. The van der Waals surface area contributed by atoms with E-state index >= 15 is 0 Å². The first-order valence-electron chi connectivity index (χ1n) is 9.02. The summed E-state index contributed by atoms with van der Waals surface area (Å²) in [6, 6.07) is 12.5. The van der Waals surface area contributed by atoms with Gasteiger partial charge in [0.1, 0.15) is 0 Å². The van der Waals surface area contributed by atoms with E-state index < -0.39 is 0 Å². The highest BCUT2D eigenvalue weighted by Gasteiger charge is 2.19. The van der Waals surface area contributed by atoms with E-state index in [-0.39, 0.29) is 11.9 Å². The Kier molecular flexibility index (Phi) is 6.61. The van der Waals surface area contributed by atoms with Crippen molar-refractivity contribution in [2.45, 2.75) is 19.9 Å². The van der Waals surface area contributed by atoms with Gasteiger partial charge in [-0.15, -0.1) is 11.3 Å². The normalized spacial score (nSPS) is 16.7. The second-order valence-corrected chi connectivity index (χ2v) is 7.99. The van der Waals surface area contributed by atoms with E-state index in [2.05, 4.69) is 54.4 Å². The number of benzene rings is 1. The minimum atomic E-state index is -0.0603. The Balaban J connectivity index is 1.68. The molecule has 2 aromatic rings. The topological polar surface area (TPSA) is 41.6 Å². The largest absolute Gasteiger partial charge is 0.379 e. The van der Waals surface area contributed by atoms with Crippen molar-refractivity contribution in [2.24, 2.45) is 0 Å². The van der Waals surface area contributed by atoms with Crippen LogP contribution in [0.15, 0.2) is 42.5 Å². The van der Waals surface area contributed by atoms with Gasteiger partial charge in [0.25, 0.3) is 0 Å². The smallest absolute Gasteiger partial charge is 0.244 e. The van der Waals surface area contributed by atoms with Gasteiger partial charge in [-0.1, -0.05) is 29.8 Å². The van der Waals surface area contributed by atoms with Gasteiger partial charge in [-0.05, 0) is 37.6 Å². The van der Waals surface area contributed by atoms with Gasteiger partial charge in [0.15, 0.2) is 0 Å². The molecular weight excluding hydrogens is 344 g/mol. The Morgan fingerprint density at radius 3 is 2.58 bits per heavy atom. The van der Waals surface area contributed by atoms with Crippen LogP contribution < -0.4 is 5.32 Å². The lowest BCUT2D eigenvalue weighted by molar-refractivity contribution is -0.117. The van der Waals surface area contributed by atoms with Gasteiger partial charge in [0, 0.05) is 35.5 Å². The Morgan fingerprint density at radius 1 is 1.19 bits per heavy atom. The van der Waals surface area contributed by atoms with Gasteiger partial charge in [0.2, 0.25) is 5.91 Å². The highest BCUT2D eigenvalue weighted by atomic mass is 32.1. The molecule has 0 unspecified atom stereocenters. The minimum Gasteiger partial charge on any atom is -0.379 e. The highest BCUT2D eigenvalue weighted by Crippen LogP contribution is 2.18. The summed E-state index contributed by atoms with van der Waals surface area (Å²) in [5, 5.41) is 3.17. The predicted molar refractivity (Wildman–Crippen MR) is 107 cm³/mol. The molecule has 1 N–H and O–H groups in total. The van der Waals surface area contributed by atoms with Crippen LogP contribution in [0, 0.1) is 13.8 Å². The summed E-state index contributed by atoms with van der Waals surface area (Å²) in [5.41, 5.74) is 2.36. The number of thiophene rings is 1. The monoisotopic (exact) mass is 370 g/mol. The molecule has 1 aromatic carbocycles. The van der Waals surface area contributed by atoms with Gasteiger partial charge in [0.05, 0.1) is 19.3 Å². The molecule has 1 aliphatic heterocycles. The van der Waals surface area contributed by atoms with E-state index in [4.69, 9.17) is 4.74 Å². The van der Waals surface area contributed by atoms with Crippen LogP contribution in [0.2, 0.25) is 0 Å². The third-order valence-electron chi connectivity index (χ3n) is 4.50. The lowest BCUT2D eigenvalue weighted by Crippen LogP contribution is -2.42. The van der Waals surface area contributed by atoms with E-state index in [1.165, 1.54) is 10.4 Å². The summed E-state index contributed by atoms with van der Waals surface area (Å²) >= 11 is 1.69. The summed E-state index contributed by atoms with van der Waals surface area (Å²) in [7, 11) is 0. The molecule has 1 fully saturated rings. The number of nitrogens with zero attached hydrogens (tertiary/aromatic N) is 1. The maximum absolute atomic E-state index is 12.5. The van der Waals surface area contributed by atoms with Crippen LogP contribution in [0.3, 0.4) is 0 Å². The summed E-state index contributed by atoms with van der Waals surface area (Å²) in [6.45, 7) is 8.26. The van der Waals surface area contributed by atoms with Crippen LogP contribution in [-0.2, 0) is 9.53 Å². The molecule has 1 aromatic heterocycles. The van der Waals surface area contributed by atoms with Crippen molar-refractivity contribution < 1.29 is 9.53 Å². The molecule has 138 valence electrons. The van der Waals surface area contributed by atoms with Gasteiger partial charge >= 0.3 is 0 Å². The molecule has 0 radical (unpaired) electrons. The van der Waals surface area contributed by atoms with E-state index in [1.54, 1.807) is 17.4 Å². The van der Waals surface area contributed by atoms with Crippen molar-refractivity contribution in [3.05, 3.63) is 63.4 Å². The summed E-state index contributed by atoms with van der Waals surface area (Å²) < 4.78 is 5.43. The van der Waals surface area contributed by atoms with E-state index in [9.17, 15) is 4.79 Å². The fraction of sp³-hybridized carbons (Fsp3) is 0.381. The Labute approximate surface area is 159 Å². The first kappa shape index (κ1) is 18.8. The van der Waals surface area contributed by atoms with Crippen molar-refractivity contribution in [3.8, 4) is 0 Å². The second-order valence-electron chi connectivity index (χ2n) is 6.67. The molecule has 1 aliphatic rings. The zero-order valence-corrected chi connectivity index (χ0v) is 16.2. The maximum atomic E-state index is 12.5. The summed E-state index contributed by atoms with van der Waals surface area (Å²) in [4.78, 5) is 17.2. The Morgan fingerprint density at radius 2 is 1.92 bits per heavy atom. The maximum Gasteiger partial charge on any atom is 0.244 e. The SMILES string of the molecule is Cc1ccc([C@@H](CN2CCOCC2)NC(=O)/C=C/c2ccc(C)s2)cc1. The first-order chi connectivity index (χ1) is 12.6. The Hall–Kier alpha value is -1.95. The first-order valence-corrected chi connectivity index (χ1v) is 9.83. The number of carbonyl (C=O) groups is 1. The van der Waals surface area contributed by atoms with Gasteiger partial charge in [-0.3, -0.25) is 9.69 Å². The molecule has 1 amide bonds. The molecule has 0 saturated carbocycles. The summed E-state index contributed by atoms with van der Waals surface area (Å²) in [5.74, 6) is -0.0603. The van der Waals surface area contributed by atoms with Crippen molar-refractivity contribution in [2.75, 3.05) is 32.8 Å². The molecule has 0 aliphatic carbocycles. The molecular formula is C21H26N2O2S. The third-order valence-corrected chi connectivity index (χ3v) is 5.47. The predicted octanol–water partition coefficient (Wildman–Crippen LogP) is 3.57. The van der Waals surface area contributed by atoms with Crippen molar-refractivity contribution in [1.29, 1.82) is 0 Å². The molecule has 0 spiro atoms.